The van der Waals surface area contributed by atoms with E-state index in [-0.39, 0.29) is 5.75 Å². The highest BCUT2D eigenvalue weighted by Gasteiger charge is 2.27. The van der Waals surface area contributed by atoms with Gasteiger partial charge >= 0.3 is 0 Å². The van der Waals surface area contributed by atoms with Gasteiger partial charge in [0.15, 0.2) is 0 Å². The second-order valence-electron chi connectivity index (χ2n) is 5.91. The average Bonchev–Trinajstić information content (AvgIpc) is 2.92. The van der Waals surface area contributed by atoms with Gasteiger partial charge in [-0.3, -0.25) is 4.90 Å². The van der Waals surface area contributed by atoms with Gasteiger partial charge < -0.3 is 0 Å². The number of aromatic nitrogens is 1. The Labute approximate surface area is 145 Å². The second kappa shape index (κ2) is 7.26. The van der Waals surface area contributed by atoms with Crippen molar-refractivity contribution >= 4 is 21.4 Å². The van der Waals surface area contributed by atoms with Crippen LogP contribution in [0.15, 0.2) is 30.5 Å². The van der Waals surface area contributed by atoms with E-state index in [9.17, 15) is 12.8 Å². The number of benzene rings is 1. The molecule has 24 heavy (non-hydrogen) atoms. The lowest BCUT2D eigenvalue weighted by molar-refractivity contribution is 0.182. The molecular weight excluding hydrogens is 349 g/mol. The fraction of sp³-hybridized carbons (Fsp3) is 0.438. The zero-order valence-corrected chi connectivity index (χ0v) is 15.1. The number of nitrogens with zero attached hydrogens (tertiary/aromatic N) is 3. The molecule has 0 amide bonds. The minimum atomic E-state index is -3.42. The molecule has 1 aromatic heterocycles. The molecular formula is C16H20FN3O2S2. The Bertz CT molecular complexity index is 799. The average molecular weight is 369 g/mol. The first-order valence-corrected chi connectivity index (χ1v) is 10.2. The molecule has 0 radical (unpaired) electrons. The number of hydrogen-bond donors (Lipinski definition) is 0. The van der Waals surface area contributed by atoms with Gasteiger partial charge in [0.25, 0.3) is 0 Å². The lowest BCUT2D eigenvalue weighted by atomic mass is 10.2. The van der Waals surface area contributed by atoms with E-state index in [1.807, 2.05) is 13.1 Å². The maximum absolute atomic E-state index is 13.2. The molecule has 1 aliphatic heterocycles. The third-order valence-corrected chi connectivity index (χ3v) is 6.76. The lowest BCUT2D eigenvalue weighted by Crippen LogP contribution is -2.48. The van der Waals surface area contributed by atoms with E-state index < -0.39 is 15.8 Å². The fourth-order valence-corrected chi connectivity index (χ4v) is 5.13. The van der Waals surface area contributed by atoms with Crippen LogP contribution in [0.25, 0.3) is 0 Å². The van der Waals surface area contributed by atoms with Crippen LogP contribution in [0.4, 0.5) is 4.39 Å². The van der Waals surface area contributed by atoms with E-state index in [0.717, 1.165) is 11.6 Å². The standard InChI is InChI=1S/C16H20FN3O2S2/c1-13-18-10-16(23-13)11-19-5-7-20(8-6-19)24(21,22)12-14-3-2-4-15(17)9-14/h2-4,9-10H,5-8,11-12H2,1H3. The number of hydrogen-bond acceptors (Lipinski definition) is 5. The Kier molecular flexibility index (Phi) is 5.29. The molecule has 3 rings (SSSR count). The molecule has 5 nitrogen and oxygen atoms in total. The maximum atomic E-state index is 13.2. The molecule has 1 aliphatic rings. The van der Waals surface area contributed by atoms with Crippen molar-refractivity contribution in [2.75, 3.05) is 26.2 Å². The van der Waals surface area contributed by atoms with Gasteiger partial charge in [0.1, 0.15) is 5.82 Å². The SMILES string of the molecule is Cc1ncc(CN2CCN(S(=O)(=O)Cc3cccc(F)c3)CC2)s1. The van der Waals surface area contributed by atoms with Gasteiger partial charge in [-0.1, -0.05) is 12.1 Å². The van der Waals surface area contributed by atoms with Crippen LogP contribution >= 0.6 is 11.3 Å². The predicted octanol–water partition coefficient (Wildman–Crippen LogP) is 2.24. The van der Waals surface area contributed by atoms with Crippen molar-refractivity contribution in [3.05, 3.63) is 51.7 Å². The van der Waals surface area contributed by atoms with E-state index >= 15 is 0 Å². The number of sulfonamides is 1. The molecule has 1 aromatic carbocycles. The molecule has 0 atom stereocenters. The third kappa shape index (κ3) is 4.38. The minimum Gasteiger partial charge on any atom is -0.296 e. The van der Waals surface area contributed by atoms with Gasteiger partial charge in [0.05, 0.1) is 10.8 Å². The van der Waals surface area contributed by atoms with E-state index in [0.29, 0.717) is 31.7 Å². The van der Waals surface area contributed by atoms with Crippen molar-refractivity contribution in [1.29, 1.82) is 0 Å². The lowest BCUT2D eigenvalue weighted by Gasteiger charge is -2.33. The van der Waals surface area contributed by atoms with Gasteiger partial charge in [-0.15, -0.1) is 11.3 Å². The number of thiazole rings is 1. The molecule has 130 valence electrons. The first-order valence-electron chi connectivity index (χ1n) is 7.78. The van der Waals surface area contributed by atoms with Crippen LogP contribution in [0.3, 0.4) is 0 Å². The number of aryl methyl sites for hydroxylation is 1. The summed E-state index contributed by atoms with van der Waals surface area (Å²) in [5.74, 6) is -0.564. The summed E-state index contributed by atoms with van der Waals surface area (Å²) in [6, 6.07) is 5.77. The smallest absolute Gasteiger partial charge is 0.218 e. The third-order valence-electron chi connectivity index (χ3n) is 4.01. The van der Waals surface area contributed by atoms with E-state index in [4.69, 9.17) is 0 Å². The Morgan fingerprint density at radius 2 is 2.00 bits per heavy atom. The normalized spacial score (nSPS) is 17.2. The van der Waals surface area contributed by atoms with Crippen LogP contribution in [0, 0.1) is 12.7 Å². The molecule has 0 bridgehead atoms. The summed E-state index contributed by atoms with van der Waals surface area (Å²) in [4.78, 5) is 7.68. The first-order chi connectivity index (χ1) is 11.4. The summed E-state index contributed by atoms with van der Waals surface area (Å²) in [7, 11) is -3.42. The van der Waals surface area contributed by atoms with Gasteiger partial charge in [-0.05, 0) is 24.6 Å². The summed E-state index contributed by atoms with van der Waals surface area (Å²) in [6.45, 7) is 5.11. The molecule has 0 saturated carbocycles. The van der Waals surface area contributed by atoms with Gasteiger partial charge in [0, 0.05) is 43.8 Å². The van der Waals surface area contributed by atoms with Crippen LogP contribution in [-0.2, 0) is 22.3 Å². The van der Waals surface area contributed by atoms with Gasteiger partial charge in [0.2, 0.25) is 10.0 Å². The fourth-order valence-electron chi connectivity index (χ4n) is 2.79. The zero-order chi connectivity index (χ0) is 17.2. The maximum Gasteiger partial charge on any atom is 0.218 e. The number of piperazine rings is 1. The van der Waals surface area contributed by atoms with Crippen LogP contribution in [0.5, 0.6) is 0 Å². The molecule has 2 aromatic rings. The van der Waals surface area contributed by atoms with Crippen LogP contribution in [-0.4, -0.2) is 48.8 Å². The van der Waals surface area contributed by atoms with Crippen LogP contribution in [0.2, 0.25) is 0 Å². The highest BCUT2D eigenvalue weighted by Crippen LogP contribution is 2.18. The quantitative estimate of drug-likeness (QED) is 0.811. The number of rotatable bonds is 5. The summed E-state index contributed by atoms with van der Waals surface area (Å²) in [5, 5.41) is 1.04. The molecule has 0 N–H and O–H groups in total. The summed E-state index contributed by atoms with van der Waals surface area (Å²) < 4.78 is 39.8. The topological polar surface area (TPSA) is 53.5 Å². The molecule has 1 fully saturated rings. The van der Waals surface area contributed by atoms with Crippen molar-refractivity contribution in [3.8, 4) is 0 Å². The highest BCUT2D eigenvalue weighted by molar-refractivity contribution is 7.88. The Balaban J connectivity index is 1.57. The van der Waals surface area contributed by atoms with Crippen molar-refractivity contribution in [3.63, 3.8) is 0 Å². The minimum absolute atomic E-state index is 0.154. The molecule has 1 saturated heterocycles. The predicted molar refractivity (Wildman–Crippen MR) is 92.7 cm³/mol. The summed E-state index contributed by atoms with van der Waals surface area (Å²) in [6.07, 6.45) is 1.88. The largest absolute Gasteiger partial charge is 0.296 e. The monoisotopic (exact) mass is 369 g/mol. The van der Waals surface area contributed by atoms with Gasteiger partial charge in [-0.25, -0.2) is 17.8 Å². The molecule has 0 spiro atoms. The number of halogens is 1. The molecule has 0 unspecified atom stereocenters. The Morgan fingerprint density at radius 1 is 1.25 bits per heavy atom. The Morgan fingerprint density at radius 3 is 2.62 bits per heavy atom. The van der Waals surface area contributed by atoms with E-state index in [1.54, 1.807) is 17.4 Å². The molecule has 8 heteroatoms. The highest BCUT2D eigenvalue weighted by atomic mass is 32.2. The molecule has 2 heterocycles. The first kappa shape index (κ1) is 17.5. The Hall–Kier alpha value is -1.35. The van der Waals surface area contributed by atoms with Gasteiger partial charge in [-0.2, -0.15) is 4.31 Å². The summed E-state index contributed by atoms with van der Waals surface area (Å²) in [5.41, 5.74) is 0.484. The second-order valence-corrected chi connectivity index (χ2v) is 9.20. The zero-order valence-electron chi connectivity index (χ0n) is 13.5. The van der Waals surface area contributed by atoms with Crippen molar-refractivity contribution in [1.82, 2.24) is 14.2 Å². The van der Waals surface area contributed by atoms with Crippen molar-refractivity contribution < 1.29 is 12.8 Å². The molecule has 0 aliphatic carbocycles. The van der Waals surface area contributed by atoms with Crippen LogP contribution in [0.1, 0.15) is 15.4 Å². The summed E-state index contributed by atoms with van der Waals surface area (Å²) >= 11 is 1.67. The van der Waals surface area contributed by atoms with E-state index in [1.165, 1.54) is 27.4 Å². The van der Waals surface area contributed by atoms with Crippen molar-refractivity contribution in [2.24, 2.45) is 0 Å². The van der Waals surface area contributed by atoms with E-state index in [2.05, 4.69) is 9.88 Å². The van der Waals surface area contributed by atoms with Crippen molar-refractivity contribution in [2.45, 2.75) is 19.2 Å². The van der Waals surface area contributed by atoms with Crippen LogP contribution < -0.4 is 0 Å².